The lowest BCUT2D eigenvalue weighted by Crippen LogP contribution is -2.44. The second kappa shape index (κ2) is 10.7. The van der Waals surface area contributed by atoms with Gasteiger partial charge in [-0.05, 0) is 49.5 Å². The molecule has 0 spiro atoms. The molecule has 38 heavy (non-hydrogen) atoms. The molecule has 0 aliphatic carbocycles. The van der Waals surface area contributed by atoms with Gasteiger partial charge in [0.15, 0.2) is 11.6 Å². The standard InChI is InChI=1S/C26H27F3N6O3/c1-34-9-11-35(12-10-34)20-15-17(26(27,28)29)14-19(16-20)33-25(36)32-18-2-4-21(5-3-18)38-22-6-7-30-24-23(22)37-13-8-31-24/h2-7,14-16H,8-13H2,1H3,(H,30,31)(H2,32,33,36). The highest BCUT2D eigenvalue weighted by molar-refractivity contribution is 6.00. The summed E-state index contributed by atoms with van der Waals surface area (Å²) < 4.78 is 52.3. The molecule has 1 fully saturated rings. The first kappa shape index (κ1) is 25.5. The number of alkyl halides is 3. The summed E-state index contributed by atoms with van der Waals surface area (Å²) in [4.78, 5) is 20.8. The number of anilines is 4. The molecule has 2 aromatic carbocycles. The maximum Gasteiger partial charge on any atom is 0.416 e. The number of aromatic nitrogens is 1. The molecule has 0 bridgehead atoms. The van der Waals surface area contributed by atoms with Crippen LogP contribution in [-0.2, 0) is 6.18 Å². The topological polar surface area (TPSA) is 91.0 Å². The Bertz CT molecular complexity index is 1290. The predicted octanol–water partition coefficient (Wildman–Crippen LogP) is 5.09. The second-order valence-electron chi connectivity index (χ2n) is 9.02. The number of rotatable bonds is 5. The maximum atomic E-state index is 13.6. The monoisotopic (exact) mass is 528 g/mol. The number of fused-ring (bicyclic) bond motifs is 1. The first-order chi connectivity index (χ1) is 18.2. The fourth-order valence-corrected chi connectivity index (χ4v) is 4.22. The van der Waals surface area contributed by atoms with E-state index in [0.29, 0.717) is 60.7 Å². The molecular weight excluding hydrogens is 501 g/mol. The van der Waals surface area contributed by atoms with Crippen LogP contribution in [0.4, 0.5) is 40.8 Å². The van der Waals surface area contributed by atoms with Crippen molar-refractivity contribution in [2.24, 2.45) is 0 Å². The normalized spacial score (nSPS) is 15.6. The van der Waals surface area contributed by atoms with Crippen molar-refractivity contribution in [3.63, 3.8) is 0 Å². The number of pyridine rings is 1. The van der Waals surface area contributed by atoms with Gasteiger partial charge in [-0.2, -0.15) is 13.2 Å². The van der Waals surface area contributed by atoms with Crippen molar-refractivity contribution >= 4 is 28.9 Å². The van der Waals surface area contributed by atoms with Crippen molar-refractivity contribution in [1.29, 1.82) is 0 Å². The van der Waals surface area contributed by atoms with E-state index in [2.05, 4.69) is 25.8 Å². The first-order valence-corrected chi connectivity index (χ1v) is 12.1. The third-order valence-electron chi connectivity index (χ3n) is 6.22. The Kier molecular flexibility index (Phi) is 7.14. The Balaban J connectivity index is 1.25. The number of halogens is 3. The molecule has 3 heterocycles. The third-order valence-corrected chi connectivity index (χ3v) is 6.22. The Labute approximate surface area is 217 Å². The number of amides is 2. The van der Waals surface area contributed by atoms with Gasteiger partial charge in [0.2, 0.25) is 5.75 Å². The Morgan fingerprint density at radius 2 is 1.76 bits per heavy atom. The number of carbonyl (C=O) groups is 1. The van der Waals surface area contributed by atoms with Crippen LogP contribution in [0.1, 0.15) is 5.56 Å². The van der Waals surface area contributed by atoms with Crippen LogP contribution in [0.3, 0.4) is 0 Å². The van der Waals surface area contributed by atoms with Gasteiger partial charge < -0.3 is 35.2 Å². The van der Waals surface area contributed by atoms with Crippen LogP contribution in [0.5, 0.6) is 17.2 Å². The number of ether oxygens (including phenoxy) is 2. The molecule has 3 aromatic rings. The van der Waals surface area contributed by atoms with E-state index in [-0.39, 0.29) is 5.69 Å². The Hall–Kier alpha value is -4.19. The van der Waals surface area contributed by atoms with Gasteiger partial charge in [0.1, 0.15) is 12.4 Å². The lowest BCUT2D eigenvalue weighted by Gasteiger charge is -2.34. The minimum Gasteiger partial charge on any atom is -0.485 e. The van der Waals surface area contributed by atoms with Crippen molar-refractivity contribution in [2.45, 2.75) is 6.18 Å². The van der Waals surface area contributed by atoms with E-state index >= 15 is 0 Å². The summed E-state index contributed by atoms with van der Waals surface area (Å²) in [6, 6.07) is 11.2. The van der Waals surface area contributed by atoms with E-state index in [1.165, 1.54) is 0 Å². The molecule has 2 aliphatic heterocycles. The van der Waals surface area contributed by atoms with Crippen LogP contribution >= 0.6 is 0 Å². The molecule has 1 saturated heterocycles. The van der Waals surface area contributed by atoms with Crippen molar-refractivity contribution in [2.75, 3.05) is 67.2 Å². The van der Waals surface area contributed by atoms with Crippen LogP contribution in [0.15, 0.2) is 54.7 Å². The number of urea groups is 1. The quantitative estimate of drug-likeness (QED) is 0.425. The predicted molar refractivity (Wildman–Crippen MR) is 139 cm³/mol. The van der Waals surface area contributed by atoms with E-state index < -0.39 is 17.8 Å². The summed E-state index contributed by atoms with van der Waals surface area (Å²) >= 11 is 0. The summed E-state index contributed by atoms with van der Waals surface area (Å²) in [5, 5.41) is 8.31. The lowest BCUT2D eigenvalue weighted by molar-refractivity contribution is -0.137. The summed E-state index contributed by atoms with van der Waals surface area (Å²) in [6.07, 6.45) is -2.93. The zero-order valence-electron chi connectivity index (χ0n) is 20.6. The molecule has 5 rings (SSSR count). The third kappa shape index (κ3) is 6.02. The SMILES string of the molecule is CN1CCN(c2cc(NC(=O)Nc3ccc(Oc4ccnc5c4OCCN5)cc3)cc(C(F)(F)F)c2)CC1. The first-order valence-electron chi connectivity index (χ1n) is 12.1. The van der Waals surface area contributed by atoms with E-state index in [1.807, 2.05) is 11.9 Å². The summed E-state index contributed by atoms with van der Waals surface area (Å²) in [5.74, 6) is 2.14. The molecule has 0 atom stereocenters. The fourth-order valence-electron chi connectivity index (χ4n) is 4.22. The molecule has 0 unspecified atom stereocenters. The van der Waals surface area contributed by atoms with Gasteiger partial charge >= 0.3 is 12.2 Å². The number of hydrogen-bond acceptors (Lipinski definition) is 7. The second-order valence-corrected chi connectivity index (χ2v) is 9.02. The highest BCUT2D eigenvalue weighted by Crippen LogP contribution is 2.38. The van der Waals surface area contributed by atoms with Crippen LogP contribution in [0, 0.1) is 0 Å². The van der Waals surface area contributed by atoms with Crippen LogP contribution in [-0.4, -0.2) is 62.3 Å². The number of benzene rings is 2. The molecule has 200 valence electrons. The molecular formula is C26H27F3N6O3. The van der Waals surface area contributed by atoms with E-state index in [4.69, 9.17) is 9.47 Å². The van der Waals surface area contributed by atoms with Crippen molar-refractivity contribution in [1.82, 2.24) is 9.88 Å². The highest BCUT2D eigenvalue weighted by Gasteiger charge is 2.32. The smallest absolute Gasteiger partial charge is 0.416 e. The number of hydrogen-bond donors (Lipinski definition) is 3. The van der Waals surface area contributed by atoms with Crippen LogP contribution < -0.4 is 30.3 Å². The maximum absolute atomic E-state index is 13.6. The largest absolute Gasteiger partial charge is 0.485 e. The molecule has 0 saturated carbocycles. The van der Waals surface area contributed by atoms with Crippen molar-refractivity contribution < 1.29 is 27.4 Å². The molecule has 12 heteroatoms. The molecule has 2 amide bonds. The minimum atomic E-state index is -4.54. The van der Waals surface area contributed by atoms with Gasteiger partial charge in [0.25, 0.3) is 0 Å². The molecule has 2 aliphatic rings. The zero-order chi connectivity index (χ0) is 26.7. The number of piperazine rings is 1. The van der Waals surface area contributed by atoms with E-state index in [9.17, 15) is 18.0 Å². The number of carbonyl (C=O) groups excluding carboxylic acids is 1. The van der Waals surface area contributed by atoms with Gasteiger partial charge in [-0.1, -0.05) is 0 Å². The van der Waals surface area contributed by atoms with E-state index in [1.54, 1.807) is 42.6 Å². The summed E-state index contributed by atoms with van der Waals surface area (Å²) in [5.41, 5.74) is 0.100. The van der Waals surface area contributed by atoms with Gasteiger partial charge in [-0.3, -0.25) is 0 Å². The van der Waals surface area contributed by atoms with Crippen LogP contribution in [0.2, 0.25) is 0 Å². The van der Waals surface area contributed by atoms with Crippen LogP contribution in [0.25, 0.3) is 0 Å². The van der Waals surface area contributed by atoms with Gasteiger partial charge in [-0.25, -0.2) is 9.78 Å². The Morgan fingerprint density at radius 1 is 1.03 bits per heavy atom. The average Bonchev–Trinajstić information content (AvgIpc) is 2.90. The zero-order valence-corrected chi connectivity index (χ0v) is 20.6. The summed E-state index contributed by atoms with van der Waals surface area (Å²) in [6.45, 7) is 3.84. The number of nitrogens with one attached hydrogen (secondary N) is 3. The van der Waals surface area contributed by atoms with Crippen molar-refractivity contribution in [3.8, 4) is 17.2 Å². The number of likely N-dealkylation sites (N-methyl/N-ethyl adjacent to an activating group) is 1. The lowest BCUT2D eigenvalue weighted by atomic mass is 10.1. The Morgan fingerprint density at radius 3 is 2.50 bits per heavy atom. The molecule has 9 nitrogen and oxygen atoms in total. The molecule has 3 N–H and O–H groups in total. The fraction of sp³-hybridized carbons (Fsp3) is 0.308. The highest BCUT2D eigenvalue weighted by atomic mass is 19.4. The molecule has 0 radical (unpaired) electrons. The van der Waals surface area contributed by atoms with E-state index in [0.717, 1.165) is 25.2 Å². The molecule has 1 aromatic heterocycles. The number of nitrogens with zero attached hydrogens (tertiary/aromatic N) is 3. The minimum absolute atomic E-state index is 0.0577. The summed E-state index contributed by atoms with van der Waals surface area (Å²) in [7, 11) is 1.97. The average molecular weight is 529 g/mol. The van der Waals surface area contributed by atoms with Crippen molar-refractivity contribution in [3.05, 3.63) is 60.3 Å². The van der Waals surface area contributed by atoms with Gasteiger partial charge in [0, 0.05) is 55.5 Å². The van der Waals surface area contributed by atoms with Gasteiger partial charge in [-0.15, -0.1) is 0 Å². The van der Waals surface area contributed by atoms with Gasteiger partial charge in [0.05, 0.1) is 12.1 Å².